The molecule has 146 valence electrons. The summed E-state index contributed by atoms with van der Waals surface area (Å²) in [6.45, 7) is -1.52. The Morgan fingerprint density at radius 2 is 1.82 bits per heavy atom. The smallest absolute Gasteiger partial charge is 0.270 e. The topological polar surface area (TPSA) is 66.4 Å². The van der Waals surface area contributed by atoms with E-state index in [1.807, 2.05) is 30.5 Å². The van der Waals surface area contributed by atoms with Crippen LogP contribution >= 0.6 is 11.8 Å². The fourth-order valence-corrected chi connectivity index (χ4v) is 4.11. The molecule has 4 rings (SSSR count). The van der Waals surface area contributed by atoms with Crippen LogP contribution < -0.4 is 4.90 Å². The Kier molecular flexibility index (Phi) is 4.57. The zero-order valence-corrected chi connectivity index (χ0v) is 16.0. The second-order valence-corrected chi connectivity index (χ2v) is 7.91. The molecule has 28 heavy (non-hydrogen) atoms. The lowest BCUT2D eigenvalue weighted by Gasteiger charge is -2.22. The molecule has 2 aromatic rings. The summed E-state index contributed by atoms with van der Waals surface area (Å²) >= 11 is 1.58. The standard InChI is InChI=1S/C19H18F2N4O2S/c1-28-15-4-2-13(3-5-15)6-16(26)24-9-18(20)10-25(14-7-22-12-23-8-14)17(27)19(18,21)11-24/h2-5,7-8,12H,6,9-11H2,1H3/t18-,19+/m0/s1. The Balaban J connectivity index is 1.50. The van der Waals surface area contributed by atoms with E-state index < -0.39 is 42.8 Å². The number of thioether (sulfide) groups is 1. The molecule has 2 saturated heterocycles. The van der Waals surface area contributed by atoms with Gasteiger partial charge in [-0.25, -0.2) is 18.7 Å². The summed E-state index contributed by atoms with van der Waals surface area (Å²) < 4.78 is 30.9. The highest BCUT2D eigenvalue weighted by Crippen LogP contribution is 2.46. The van der Waals surface area contributed by atoms with Gasteiger partial charge in [0, 0.05) is 4.90 Å². The van der Waals surface area contributed by atoms with Gasteiger partial charge in [0.2, 0.25) is 11.6 Å². The van der Waals surface area contributed by atoms with E-state index in [1.54, 1.807) is 11.8 Å². The van der Waals surface area contributed by atoms with Crippen LogP contribution in [0.5, 0.6) is 0 Å². The van der Waals surface area contributed by atoms with E-state index in [0.717, 1.165) is 20.3 Å². The van der Waals surface area contributed by atoms with Crippen LogP contribution in [0, 0.1) is 0 Å². The van der Waals surface area contributed by atoms with Crippen molar-refractivity contribution < 1.29 is 18.4 Å². The van der Waals surface area contributed by atoms with Crippen molar-refractivity contribution in [2.45, 2.75) is 22.7 Å². The van der Waals surface area contributed by atoms with Gasteiger partial charge >= 0.3 is 0 Å². The fourth-order valence-electron chi connectivity index (χ4n) is 3.70. The summed E-state index contributed by atoms with van der Waals surface area (Å²) in [4.78, 5) is 36.0. The van der Waals surface area contributed by atoms with Gasteiger partial charge in [0.05, 0.1) is 44.1 Å². The van der Waals surface area contributed by atoms with E-state index in [4.69, 9.17) is 0 Å². The van der Waals surface area contributed by atoms with Gasteiger partial charge in [0.1, 0.15) is 6.33 Å². The Hall–Kier alpha value is -2.55. The number of anilines is 1. The third-order valence-corrected chi connectivity index (χ3v) is 6.02. The second-order valence-electron chi connectivity index (χ2n) is 7.03. The van der Waals surface area contributed by atoms with Gasteiger partial charge in [-0.1, -0.05) is 12.1 Å². The molecule has 2 aliphatic heterocycles. The fraction of sp³-hybridized carbons (Fsp3) is 0.368. The molecule has 0 aliphatic carbocycles. The Morgan fingerprint density at radius 3 is 2.43 bits per heavy atom. The summed E-state index contributed by atoms with van der Waals surface area (Å²) in [5.74, 6) is -1.40. The van der Waals surface area contributed by atoms with E-state index in [2.05, 4.69) is 9.97 Å². The largest absolute Gasteiger partial charge is 0.335 e. The predicted octanol–water partition coefficient (Wildman–Crippen LogP) is 2.05. The van der Waals surface area contributed by atoms with Crippen LogP contribution in [0.25, 0.3) is 0 Å². The minimum Gasteiger partial charge on any atom is -0.335 e. The van der Waals surface area contributed by atoms with E-state index in [9.17, 15) is 9.59 Å². The summed E-state index contributed by atoms with van der Waals surface area (Å²) in [7, 11) is 0. The van der Waals surface area contributed by atoms with Crippen molar-refractivity contribution in [3.63, 3.8) is 0 Å². The third-order valence-electron chi connectivity index (χ3n) is 5.28. The molecule has 0 bridgehead atoms. The van der Waals surface area contributed by atoms with Crippen molar-refractivity contribution in [2.75, 3.05) is 30.8 Å². The molecule has 0 unspecified atom stereocenters. The average Bonchev–Trinajstić information content (AvgIpc) is 3.08. The van der Waals surface area contributed by atoms with Crippen LogP contribution in [-0.4, -0.2) is 63.9 Å². The minimum atomic E-state index is -2.76. The lowest BCUT2D eigenvalue weighted by molar-refractivity contribution is -0.132. The average molecular weight is 404 g/mol. The molecule has 3 heterocycles. The van der Waals surface area contributed by atoms with Gasteiger partial charge in [0.25, 0.3) is 5.91 Å². The van der Waals surface area contributed by atoms with Crippen molar-refractivity contribution in [1.82, 2.24) is 14.9 Å². The molecule has 0 spiro atoms. The number of hydrogen-bond donors (Lipinski definition) is 0. The first-order valence-corrected chi connectivity index (χ1v) is 9.94. The number of nitrogens with zero attached hydrogens (tertiary/aromatic N) is 4. The molecule has 2 amide bonds. The SMILES string of the molecule is CSc1ccc(CC(=O)N2C[C@]3(F)CN(c4cncnc4)C(=O)[C@]3(F)C2)cc1. The zero-order valence-electron chi connectivity index (χ0n) is 15.1. The lowest BCUT2D eigenvalue weighted by atomic mass is 9.93. The summed E-state index contributed by atoms with van der Waals surface area (Å²) in [5, 5.41) is 0. The Bertz CT molecular complexity index is 914. The first kappa shape index (κ1) is 18.8. The van der Waals surface area contributed by atoms with Crippen molar-refractivity contribution in [1.29, 1.82) is 0 Å². The number of halogens is 2. The molecule has 2 atom stereocenters. The molecule has 0 radical (unpaired) electrons. The van der Waals surface area contributed by atoms with Crippen LogP contribution in [0.4, 0.5) is 14.5 Å². The Labute approximate surface area is 164 Å². The van der Waals surface area contributed by atoms with Gasteiger partial charge in [-0.3, -0.25) is 9.59 Å². The van der Waals surface area contributed by atoms with Gasteiger partial charge in [0.15, 0.2) is 5.67 Å². The number of amides is 2. The van der Waals surface area contributed by atoms with Gasteiger partial charge in [-0.05, 0) is 24.0 Å². The second kappa shape index (κ2) is 6.80. The zero-order chi connectivity index (χ0) is 19.9. The molecule has 6 nitrogen and oxygen atoms in total. The maximum absolute atomic E-state index is 15.5. The predicted molar refractivity (Wildman–Crippen MR) is 101 cm³/mol. The normalized spacial score (nSPS) is 26.6. The van der Waals surface area contributed by atoms with Crippen molar-refractivity contribution in [3.05, 3.63) is 48.5 Å². The van der Waals surface area contributed by atoms with E-state index in [1.165, 1.54) is 18.7 Å². The number of rotatable bonds is 4. The summed E-state index contributed by atoms with van der Waals surface area (Å²) in [6, 6.07) is 7.42. The van der Waals surface area contributed by atoms with Gasteiger partial charge < -0.3 is 9.80 Å². The highest BCUT2D eigenvalue weighted by molar-refractivity contribution is 7.98. The highest BCUT2D eigenvalue weighted by Gasteiger charge is 2.72. The lowest BCUT2D eigenvalue weighted by Crippen LogP contribution is -2.47. The molecular weight excluding hydrogens is 386 g/mol. The number of hydrogen-bond acceptors (Lipinski definition) is 5. The van der Waals surface area contributed by atoms with Crippen LogP contribution in [-0.2, 0) is 16.0 Å². The molecule has 1 aromatic carbocycles. The van der Waals surface area contributed by atoms with E-state index in [0.29, 0.717) is 0 Å². The number of benzene rings is 1. The first-order chi connectivity index (χ1) is 13.4. The van der Waals surface area contributed by atoms with Crippen LogP contribution in [0.3, 0.4) is 0 Å². The molecule has 9 heteroatoms. The minimum absolute atomic E-state index is 0.0330. The maximum atomic E-state index is 15.5. The van der Waals surface area contributed by atoms with Crippen molar-refractivity contribution in [3.8, 4) is 0 Å². The van der Waals surface area contributed by atoms with E-state index >= 15 is 8.78 Å². The number of carbonyl (C=O) groups is 2. The number of likely N-dealkylation sites (tertiary alicyclic amines) is 1. The van der Waals surface area contributed by atoms with Crippen molar-refractivity contribution in [2.24, 2.45) is 0 Å². The number of fused-ring (bicyclic) bond motifs is 1. The van der Waals surface area contributed by atoms with Crippen LogP contribution in [0.2, 0.25) is 0 Å². The maximum Gasteiger partial charge on any atom is 0.270 e. The molecule has 2 fully saturated rings. The van der Waals surface area contributed by atoms with Crippen molar-refractivity contribution >= 4 is 29.3 Å². The monoisotopic (exact) mass is 404 g/mol. The molecular formula is C19H18F2N4O2S. The van der Waals surface area contributed by atoms with Crippen LogP contribution in [0.1, 0.15) is 5.56 Å². The number of aromatic nitrogens is 2. The quantitative estimate of drug-likeness (QED) is 0.730. The number of alkyl halides is 2. The van der Waals surface area contributed by atoms with Crippen LogP contribution in [0.15, 0.2) is 47.9 Å². The highest BCUT2D eigenvalue weighted by atomic mass is 32.2. The van der Waals surface area contributed by atoms with Gasteiger partial charge in [-0.15, -0.1) is 11.8 Å². The van der Waals surface area contributed by atoms with E-state index in [-0.39, 0.29) is 12.1 Å². The summed E-state index contributed by atoms with van der Waals surface area (Å²) in [5.41, 5.74) is -4.22. The molecule has 1 aromatic heterocycles. The number of carbonyl (C=O) groups excluding carboxylic acids is 2. The molecule has 2 aliphatic rings. The Morgan fingerprint density at radius 1 is 1.14 bits per heavy atom. The molecule has 0 N–H and O–H groups in total. The third kappa shape index (κ3) is 2.94. The summed E-state index contributed by atoms with van der Waals surface area (Å²) in [6.07, 6.45) is 5.92. The molecule has 0 saturated carbocycles. The first-order valence-electron chi connectivity index (χ1n) is 8.72. The van der Waals surface area contributed by atoms with Gasteiger partial charge in [-0.2, -0.15) is 0 Å².